The zero-order valence-corrected chi connectivity index (χ0v) is 12.6. The molecule has 1 amide bonds. The fourth-order valence-corrected chi connectivity index (χ4v) is 2.82. The Labute approximate surface area is 129 Å². The highest BCUT2D eigenvalue weighted by atomic mass is 35.5. The number of carbonyl (C=O) groups is 1. The molecule has 110 valence electrons. The van der Waals surface area contributed by atoms with Crippen LogP contribution in [-0.4, -0.2) is 31.1 Å². The fourth-order valence-electron chi connectivity index (χ4n) is 2.62. The third kappa shape index (κ3) is 3.37. The number of benzene rings is 1. The molecule has 0 aromatic heterocycles. The molecule has 1 aromatic carbocycles. The first-order valence-electron chi connectivity index (χ1n) is 6.68. The maximum Gasteiger partial charge on any atom is 0.261 e. The third-order valence-electron chi connectivity index (χ3n) is 3.68. The lowest BCUT2D eigenvalue weighted by molar-refractivity contribution is -0.128. The molecule has 1 unspecified atom stereocenters. The van der Waals surface area contributed by atoms with Gasteiger partial charge in [-0.15, -0.1) is 12.4 Å². The molecule has 2 heterocycles. The van der Waals surface area contributed by atoms with Gasteiger partial charge in [0.2, 0.25) is 0 Å². The van der Waals surface area contributed by atoms with E-state index in [1.54, 1.807) is 6.07 Å². The zero-order chi connectivity index (χ0) is 13.2. The van der Waals surface area contributed by atoms with Crippen LogP contribution < -0.4 is 15.4 Å². The summed E-state index contributed by atoms with van der Waals surface area (Å²) in [6, 6.07) is 5.75. The summed E-state index contributed by atoms with van der Waals surface area (Å²) < 4.78 is 5.68. The summed E-state index contributed by atoms with van der Waals surface area (Å²) in [5, 5.41) is 7.04. The van der Waals surface area contributed by atoms with Gasteiger partial charge in [0, 0.05) is 17.5 Å². The Hall–Kier alpha value is -0.970. The lowest BCUT2D eigenvalue weighted by Crippen LogP contribution is -2.47. The quantitative estimate of drug-likeness (QED) is 0.876. The van der Waals surface area contributed by atoms with E-state index < -0.39 is 6.10 Å². The number of nitrogens with one attached hydrogen (secondary N) is 2. The summed E-state index contributed by atoms with van der Waals surface area (Å²) in [4.78, 5) is 12.2. The van der Waals surface area contributed by atoms with Gasteiger partial charge >= 0.3 is 0 Å². The third-order valence-corrected chi connectivity index (χ3v) is 3.91. The van der Waals surface area contributed by atoms with Gasteiger partial charge in [0.15, 0.2) is 6.10 Å². The molecule has 2 aliphatic heterocycles. The number of halogens is 2. The number of amides is 1. The largest absolute Gasteiger partial charge is 0.480 e. The van der Waals surface area contributed by atoms with Gasteiger partial charge in [0.25, 0.3) is 5.91 Å². The van der Waals surface area contributed by atoms with Crippen molar-refractivity contribution in [3.63, 3.8) is 0 Å². The molecule has 1 saturated heterocycles. The second kappa shape index (κ2) is 6.66. The molecule has 4 nitrogen and oxygen atoms in total. The first-order chi connectivity index (χ1) is 9.22. The van der Waals surface area contributed by atoms with Crippen molar-refractivity contribution in [1.29, 1.82) is 0 Å². The number of hydrogen-bond acceptors (Lipinski definition) is 3. The van der Waals surface area contributed by atoms with Crippen molar-refractivity contribution in [2.75, 3.05) is 13.1 Å². The lowest BCUT2D eigenvalue weighted by Gasteiger charge is -2.24. The van der Waals surface area contributed by atoms with E-state index >= 15 is 0 Å². The SMILES string of the molecule is Cl.O=C(NC1CCNCC1)C1Cc2cc(Cl)ccc2O1. The van der Waals surface area contributed by atoms with Gasteiger partial charge in [0.05, 0.1) is 0 Å². The topological polar surface area (TPSA) is 50.4 Å². The van der Waals surface area contributed by atoms with E-state index in [-0.39, 0.29) is 24.4 Å². The van der Waals surface area contributed by atoms with Crippen molar-refractivity contribution in [2.24, 2.45) is 0 Å². The van der Waals surface area contributed by atoms with Crippen molar-refractivity contribution in [3.8, 4) is 5.75 Å². The predicted molar refractivity (Wildman–Crippen MR) is 80.9 cm³/mol. The first-order valence-corrected chi connectivity index (χ1v) is 7.06. The molecule has 1 atom stereocenters. The maximum atomic E-state index is 12.2. The van der Waals surface area contributed by atoms with Crippen LogP contribution >= 0.6 is 24.0 Å². The number of fused-ring (bicyclic) bond motifs is 1. The maximum absolute atomic E-state index is 12.2. The van der Waals surface area contributed by atoms with Crippen molar-refractivity contribution < 1.29 is 9.53 Å². The van der Waals surface area contributed by atoms with E-state index in [2.05, 4.69) is 10.6 Å². The minimum Gasteiger partial charge on any atom is -0.480 e. The standard InChI is InChI=1S/C14H17ClN2O2.ClH/c15-10-1-2-12-9(7-10)8-13(19-12)14(18)17-11-3-5-16-6-4-11;/h1-2,7,11,13,16H,3-6,8H2,(H,17,18);1H. The van der Waals surface area contributed by atoms with Crippen LogP contribution in [0.3, 0.4) is 0 Å². The number of ether oxygens (including phenoxy) is 1. The summed E-state index contributed by atoms with van der Waals surface area (Å²) in [6.07, 6.45) is 2.16. The summed E-state index contributed by atoms with van der Waals surface area (Å²) in [5.41, 5.74) is 1.01. The molecular formula is C14H18Cl2N2O2. The van der Waals surface area contributed by atoms with E-state index in [4.69, 9.17) is 16.3 Å². The highest BCUT2D eigenvalue weighted by Crippen LogP contribution is 2.31. The highest BCUT2D eigenvalue weighted by Gasteiger charge is 2.30. The van der Waals surface area contributed by atoms with Crippen LogP contribution in [0, 0.1) is 0 Å². The Kier molecular flexibility index (Phi) is 5.13. The minimum atomic E-state index is -0.414. The molecule has 2 N–H and O–H groups in total. The van der Waals surface area contributed by atoms with E-state index in [0.29, 0.717) is 11.4 Å². The monoisotopic (exact) mass is 316 g/mol. The van der Waals surface area contributed by atoms with Gasteiger partial charge in [-0.25, -0.2) is 0 Å². The van der Waals surface area contributed by atoms with Gasteiger partial charge in [-0.05, 0) is 49.7 Å². The second-order valence-electron chi connectivity index (χ2n) is 5.10. The lowest BCUT2D eigenvalue weighted by atomic mass is 10.1. The number of carbonyl (C=O) groups excluding carboxylic acids is 1. The summed E-state index contributed by atoms with van der Waals surface area (Å²) >= 11 is 5.94. The highest BCUT2D eigenvalue weighted by molar-refractivity contribution is 6.30. The Morgan fingerprint density at radius 2 is 2.10 bits per heavy atom. The van der Waals surface area contributed by atoms with Crippen molar-refractivity contribution in [1.82, 2.24) is 10.6 Å². The van der Waals surface area contributed by atoms with Gasteiger partial charge in [-0.1, -0.05) is 11.6 Å². The average Bonchev–Trinajstić information content (AvgIpc) is 2.83. The molecule has 1 aromatic rings. The zero-order valence-electron chi connectivity index (χ0n) is 11.0. The molecule has 0 radical (unpaired) electrons. The summed E-state index contributed by atoms with van der Waals surface area (Å²) in [7, 11) is 0. The van der Waals surface area contributed by atoms with Crippen molar-refractivity contribution >= 4 is 29.9 Å². The van der Waals surface area contributed by atoms with Gasteiger partial charge < -0.3 is 15.4 Å². The van der Waals surface area contributed by atoms with Crippen LogP contribution in [-0.2, 0) is 11.2 Å². The van der Waals surface area contributed by atoms with E-state index in [0.717, 1.165) is 37.2 Å². The molecule has 0 spiro atoms. The molecule has 6 heteroatoms. The molecule has 0 aliphatic carbocycles. The Morgan fingerprint density at radius 1 is 1.35 bits per heavy atom. The van der Waals surface area contributed by atoms with Gasteiger partial charge in [0.1, 0.15) is 5.75 Å². The molecule has 0 saturated carbocycles. The van der Waals surface area contributed by atoms with Crippen LogP contribution in [0.15, 0.2) is 18.2 Å². The van der Waals surface area contributed by atoms with Crippen molar-refractivity contribution in [2.45, 2.75) is 31.4 Å². The fraction of sp³-hybridized carbons (Fsp3) is 0.500. The minimum absolute atomic E-state index is 0. The van der Waals surface area contributed by atoms with Crippen LogP contribution in [0.2, 0.25) is 5.02 Å². The predicted octanol–water partition coefficient (Wildman–Crippen LogP) is 1.93. The van der Waals surface area contributed by atoms with Crippen LogP contribution in [0.25, 0.3) is 0 Å². The van der Waals surface area contributed by atoms with E-state index in [1.165, 1.54) is 0 Å². The van der Waals surface area contributed by atoms with Gasteiger partial charge in [-0.2, -0.15) is 0 Å². The molecular weight excluding hydrogens is 299 g/mol. The Bertz CT molecular complexity index is 490. The summed E-state index contributed by atoms with van der Waals surface area (Å²) in [6.45, 7) is 1.93. The van der Waals surface area contributed by atoms with Crippen LogP contribution in [0.1, 0.15) is 18.4 Å². The van der Waals surface area contributed by atoms with Gasteiger partial charge in [-0.3, -0.25) is 4.79 Å². The van der Waals surface area contributed by atoms with Crippen molar-refractivity contribution in [3.05, 3.63) is 28.8 Å². The first kappa shape index (κ1) is 15.4. The second-order valence-corrected chi connectivity index (χ2v) is 5.53. The van der Waals surface area contributed by atoms with Crippen LogP contribution in [0.5, 0.6) is 5.75 Å². The molecule has 3 rings (SSSR count). The Morgan fingerprint density at radius 3 is 2.85 bits per heavy atom. The van der Waals surface area contributed by atoms with E-state index in [1.807, 2.05) is 12.1 Å². The molecule has 20 heavy (non-hydrogen) atoms. The van der Waals surface area contributed by atoms with Crippen LogP contribution in [0.4, 0.5) is 0 Å². The average molecular weight is 317 g/mol. The normalized spacial score (nSPS) is 21.6. The smallest absolute Gasteiger partial charge is 0.261 e. The van der Waals surface area contributed by atoms with E-state index in [9.17, 15) is 4.79 Å². The summed E-state index contributed by atoms with van der Waals surface area (Å²) in [5.74, 6) is 0.758. The number of hydrogen-bond donors (Lipinski definition) is 2. The number of piperidine rings is 1. The Balaban J connectivity index is 0.00000147. The molecule has 0 bridgehead atoms. The number of rotatable bonds is 2. The molecule has 2 aliphatic rings. The molecule has 1 fully saturated rings.